The third kappa shape index (κ3) is 5.61. The van der Waals surface area contributed by atoms with E-state index in [0.717, 1.165) is 6.42 Å². The summed E-state index contributed by atoms with van der Waals surface area (Å²) in [5.74, 6) is 0.462. The lowest BCUT2D eigenvalue weighted by atomic mass is 10.2. The highest BCUT2D eigenvalue weighted by Crippen LogP contribution is 2.26. The minimum absolute atomic E-state index is 0.0476. The first kappa shape index (κ1) is 17.9. The molecule has 0 radical (unpaired) electrons. The molecule has 0 aliphatic rings. The van der Waals surface area contributed by atoms with Crippen LogP contribution in [0, 0.1) is 0 Å². The molecule has 0 unspecified atom stereocenters. The van der Waals surface area contributed by atoms with E-state index < -0.39 is 10.0 Å². The molecule has 1 N–H and O–H groups in total. The Bertz CT molecular complexity index is 761. The fourth-order valence-electron chi connectivity index (χ4n) is 1.88. The Morgan fingerprint density at radius 2 is 1.78 bits per heavy atom. The number of aryl methyl sites for hydroxylation is 1. The zero-order valence-corrected chi connectivity index (χ0v) is 14.9. The zero-order valence-electron chi connectivity index (χ0n) is 12.6. The largest absolute Gasteiger partial charge is 0.492 e. The number of rotatable bonds is 7. The summed E-state index contributed by atoms with van der Waals surface area (Å²) in [6.07, 6.45) is 0.945. The van der Waals surface area contributed by atoms with Gasteiger partial charge in [0.15, 0.2) is 0 Å². The van der Waals surface area contributed by atoms with Gasteiger partial charge in [0.05, 0.1) is 10.7 Å². The lowest BCUT2D eigenvalue weighted by molar-refractivity contribution is 0.341. The quantitative estimate of drug-likeness (QED) is 0.783. The smallest absolute Gasteiger partial charge is 0.236 e. The van der Waals surface area contributed by atoms with Gasteiger partial charge >= 0.3 is 0 Å². The first-order valence-corrected chi connectivity index (χ1v) is 9.48. The number of sulfonamides is 1. The van der Waals surface area contributed by atoms with Crippen LogP contribution < -0.4 is 9.46 Å². The Balaban J connectivity index is 1.90. The topological polar surface area (TPSA) is 55.4 Å². The van der Waals surface area contributed by atoms with Crippen LogP contribution in [-0.4, -0.2) is 20.8 Å². The summed E-state index contributed by atoms with van der Waals surface area (Å²) in [4.78, 5) is 0. The van der Waals surface area contributed by atoms with Crippen molar-refractivity contribution in [2.75, 3.05) is 17.1 Å². The SMILES string of the molecule is CCc1ccc(OCCS(=O)(=O)Nc2ccc(Cl)cc2Cl)cc1. The van der Waals surface area contributed by atoms with Crippen LogP contribution in [0.15, 0.2) is 42.5 Å². The molecule has 4 nitrogen and oxygen atoms in total. The molecular weight excluding hydrogens is 357 g/mol. The number of anilines is 1. The molecule has 0 aliphatic heterocycles. The van der Waals surface area contributed by atoms with Crippen LogP contribution in [-0.2, 0) is 16.4 Å². The molecule has 0 aliphatic carbocycles. The van der Waals surface area contributed by atoms with Crippen LogP contribution in [0.3, 0.4) is 0 Å². The van der Waals surface area contributed by atoms with Crippen LogP contribution in [0.25, 0.3) is 0 Å². The normalized spacial score (nSPS) is 11.3. The Morgan fingerprint density at radius 3 is 2.39 bits per heavy atom. The average Bonchev–Trinajstić information content (AvgIpc) is 2.50. The second-order valence-corrected chi connectivity index (χ2v) is 7.58. The van der Waals surface area contributed by atoms with E-state index in [0.29, 0.717) is 16.5 Å². The maximum atomic E-state index is 12.0. The molecule has 0 heterocycles. The van der Waals surface area contributed by atoms with Crippen LogP contribution >= 0.6 is 23.2 Å². The summed E-state index contributed by atoms with van der Waals surface area (Å²) in [5, 5.41) is 0.689. The summed E-state index contributed by atoms with van der Waals surface area (Å²) >= 11 is 11.7. The van der Waals surface area contributed by atoms with Gasteiger partial charge in [0, 0.05) is 5.02 Å². The molecule has 0 spiro atoms. The lowest BCUT2D eigenvalue weighted by Gasteiger charge is -2.11. The van der Waals surface area contributed by atoms with Gasteiger partial charge in [-0.15, -0.1) is 0 Å². The Kier molecular flexibility index (Phi) is 6.16. The molecule has 0 fully saturated rings. The highest BCUT2D eigenvalue weighted by molar-refractivity contribution is 7.92. The first-order chi connectivity index (χ1) is 10.9. The first-order valence-electron chi connectivity index (χ1n) is 7.07. The zero-order chi connectivity index (χ0) is 16.9. The van der Waals surface area contributed by atoms with Gasteiger partial charge in [-0.2, -0.15) is 0 Å². The van der Waals surface area contributed by atoms with Gasteiger partial charge in [-0.25, -0.2) is 8.42 Å². The second kappa shape index (κ2) is 7.90. The van der Waals surface area contributed by atoms with E-state index >= 15 is 0 Å². The standard InChI is InChI=1S/C16H17Cl2NO3S/c1-2-12-3-6-14(7-4-12)22-9-10-23(20,21)19-16-8-5-13(17)11-15(16)18/h3-8,11,19H,2,9-10H2,1H3. The molecule has 2 aromatic carbocycles. The van der Waals surface area contributed by atoms with Gasteiger partial charge in [0.1, 0.15) is 18.1 Å². The monoisotopic (exact) mass is 373 g/mol. The van der Waals surface area contributed by atoms with Crippen LogP contribution in [0.4, 0.5) is 5.69 Å². The number of halogens is 2. The van der Waals surface area contributed by atoms with Crippen molar-refractivity contribution >= 4 is 38.9 Å². The van der Waals surface area contributed by atoms with E-state index in [1.54, 1.807) is 6.07 Å². The highest BCUT2D eigenvalue weighted by atomic mass is 35.5. The Morgan fingerprint density at radius 1 is 1.09 bits per heavy atom. The predicted octanol–water partition coefficient (Wildman–Crippen LogP) is 4.38. The number of hydrogen-bond donors (Lipinski definition) is 1. The number of ether oxygens (including phenoxy) is 1. The van der Waals surface area contributed by atoms with Crippen molar-refractivity contribution in [3.05, 3.63) is 58.1 Å². The maximum absolute atomic E-state index is 12.0. The molecule has 2 aromatic rings. The summed E-state index contributed by atoms with van der Waals surface area (Å²) < 4.78 is 32.0. The van der Waals surface area contributed by atoms with Crippen molar-refractivity contribution < 1.29 is 13.2 Å². The number of benzene rings is 2. The molecule has 0 atom stereocenters. The lowest BCUT2D eigenvalue weighted by Crippen LogP contribution is -2.21. The van der Waals surface area contributed by atoms with Crippen molar-refractivity contribution in [1.29, 1.82) is 0 Å². The summed E-state index contributed by atoms with van der Waals surface area (Å²) in [6.45, 7) is 2.11. The molecule has 0 saturated heterocycles. The highest BCUT2D eigenvalue weighted by Gasteiger charge is 2.13. The third-order valence-electron chi connectivity index (χ3n) is 3.15. The van der Waals surface area contributed by atoms with Gasteiger partial charge < -0.3 is 4.74 Å². The van der Waals surface area contributed by atoms with Crippen LogP contribution in [0.1, 0.15) is 12.5 Å². The summed E-state index contributed by atoms with van der Waals surface area (Å²) in [5.41, 5.74) is 1.49. The fraction of sp³-hybridized carbons (Fsp3) is 0.250. The molecule has 23 heavy (non-hydrogen) atoms. The molecule has 124 valence electrons. The van der Waals surface area contributed by atoms with E-state index in [2.05, 4.69) is 11.6 Å². The van der Waals surface area contributed by atoms with Gasteiger partial charge in [-0.05, 0) is 42.3 Å². The molecule has 7 heteroatoms. The summed E-state index contributed by atoms with van der Waals surface area (Å²) in [6, 6.07) is 12.1. The Labute approximate surface area is 146 Å². The molecule has 0 saturated carbocycles. The minimum atomic E-state index is -3.56. The van der Waals surface area contributed by atoms with Crippen molar-refractivity contribution in [1.82, 2.24) is 0 Å². The summed E-state index contributed by atoms with van der Waals surface area (Å²) in [7, 11) is -3.56. The second-order valence-electron chi connectivity index (χ2n) is 4.89. The average molecular weight is 374 g/mol. The minimum Gasteiger partial charge on any atom is -0.492 e. The van der Waals surface area contributed by atoms with E-state index in [4.69, 9.17) is 27.9 Å². The molecule has 2 rings (SSSR count). The third-order valence-corrected chi connectivity index (χ3v) is 4.93. The van der Waals surface area contributed by atoms with Crippen molar-refractivity contribution in [3.63, 3.8) is 0 Å². The molecular formula is C16H17Cl2NO3S. The van der Waals surface area contributed by atoms with E-state index in [1.807, 2.05) is 24.3 Å². The maximum Gasteiger partial charge on any atom is 0.236 e. The molecule has 0 aromatic heterocycles. The van der Waals surface area contributed by atoms with Crippen LogP contribution in [0.5, 0.6) is 5.75 Å². The van der Waals surface area contributed by atoms with Crippen molar-refractivity contribution in [2.24, 2.45) is 0 Å². The molecule has 0 bridgehead atoms. The van der Waals surface area contributed by atoms with Crippen molar-refractivity contribution in [2.45, 2.75) is 13.3 Å². The van der Waals surface area contributed by atoms with Crippen LogP contribution in [0.2, 0.25) is 10.0 Å². The van der Waals surface area contributed by atoms with Crippen molar-refractivity contribution in [3.8, 4) is 5.75 Å². The number of hydrogen-bond acceptors (Lipinski definition) is 3. The number of nitrogens with one attached hydrogen (secondary N) is 1. The van der Waals surface area contributed by atoms with E-state index in [9.17, 15) is 8.42 Å². The van der Waals surface area contributed by atoms with Gasteiger partial charge in [-0.1, -0.05) is 42.3 Å². The fourth-order valence-corrected chi connectivity index (χ4v) is 3.31. The van der Waals surface area contributed by atoms with E-state index in [1.165, 1.54) is 17.7 Å². The Hall–Kier alpha value is -1.43. The van der Waals surface area contributed by atoms with Gasteiger partial charge in [0.25, 0.3) is 0 Å². The van der Waals surface area contributed by atoms with Gasteiger partial charge in [0.2, 0.25) is 10.0 Å². The predicted molar refractivity (Wildman–Crippen MR) is 95.2 cm³/mol. The van der Waals surface area contributed by atoms with E-state index in [-0.39, 0.29) is 17.4 Å². The molecule has 0 amide bonds. The van der Waals surface area contributed by atoms with Gasteiger partial charge in [-0.3, -0.25) is 4.72 Å².